The molecule has 0 saturated heterocycles. The number of phenolic OH excluding ortho intramolecular Hbond substituents is 1. The number of carbonyl (C=O) groups excluding carboxylic acids is 2. The summed E-state index contributed by atoms with van der Waals surface area (Å²) in [5.74, 6) is -0.0974. The molecule has 4 aromatic rings. The van der Waals surface area contributed by atoms with Crippen LogP contribution in [0.5, 0.6) is 11.5 Å². The van der Waals surface area contributed by atoms with Gasteiger partial charge in [-0.15, -0.1) is 0 Å². The summed E-state index contributed by atoms with van der Waals surface area (Å²) in [5.41, 5.74) is 7.63. The molecule has 0 unspecified atom stereocenters. The Hall–Kier alpha value is -4.03. The van der Waals surface area contributed by atoms with Gasteiger partial charge in [0.25, 0.3) is 0 Å². The summed E-state index contributed by atoms with van der Waals surface area (Å²) < 4.78 is 13.7. The molecule has 204 valence electrons. The number of phenols is 1. The van der Waals surface area contributed by atoms with E-state index in [-0.39, 0.29) is 5.75 Å². The van der Waals surface area contributed by atoms with Crippen LogP contribution in [-0.2, 0) is 9.53 Å². The Morgan fingerprint density at radius 1 is 0.925 bits per heavy atom. The zero-order valence-electron chi connectivity index (χ0n) is 21.0. The lowest BCUT2D eigenvalue weighted by molar-refractivity contribution is -0.112. The number of ether oxygens (including phenoxy) is 2. The zero-order valence-corrected chi connectivity index (χ0v) is 24.7. The van der Waals surface area contributed by atoms with Crippen LogP contribution in [0.15, 0.2) is 114 Å². The first kappa shape index (κ1) is 29.0. The molecule has 4 rings (SSSR count). The van der Waals surface area contributed by atoms with E-state index in [9.17, 15) is 14.7 Å². The molecule has 40 heavy (non-hydrogen) atoms. The third-order valence-electron chi connectivity index (χ3n) is 5.59. The van der Waals surface area contributed by atoms with Gasteiger partial charge in [-0.1, -0.05) is 46.3 Å². The molecule has 0 spiro atoms. The van der Waals surface area contributed by atoms with Gasteiger partial charge in [0.15, 0.2) is 12.2 Å². The van der Waals surface area contributed by atoms with E-state index in [1.807, 2.05) is 6.07 Å². The van der Waals surface area contributed by atoms with E-state index in [1.165, 1.54) is 18.2 Å². The van der Waals surface area contributed by atoms with Crippen molar-refractivity contribution in [2.24, 2.45) is 0 Å². The van der Waals surface area contributed by atoms with Crippen molar-refractivity contribution in [3.05, 3.63) is 123 Å². The molecule has 0 radical (unpaired) electrons. The molecule has 0 aliphatic rings. The smallest absolute Gasteiger partial charge is 0.412 e. The Bertz CT molecular complexity index is 1500. The highest BCUT2D eigenvalue weighted by Gasteiger charge is 2.30. The van der Waals surface area contributed by atoms with Crippen LogP contribution in [0.3, 0.4) is 0 Å². The standard InChI is InChI=1S/C30H25BrIN3O5/c31-19-10-13-21(14-11-19)34-30(38)40-29(23-18-20(32)12-15-26(23)36)27(39-22-6-2-1-3-7-22)16-17-28(37)35-25-9-5-4-8-24(25)33/h1-18,27,29,36H,33H2,(H,34,38)(H,35,37)/b17-16+/t27-,29-/m1/s1. The Morgan fingerprint density at radius 2 is 1.62 bits per heavy atom. The maximum absolute atomic E-state index is 13.0. The average molecular weight is 714 g/mol. The number of hydrogen-bond donors (Lipinski definition) is 4. The summed E-state index contributed by atoms with van der Waals surface area (Å²) in [6.45, 7) is 0. The van der Waals surface area contributed by atoms with Gasteiger partial charge in [-0.2, -0.15) is 0 Å². The molecule has 0 heterocycles. The second-order valence-corrected chi connectivity index (χ2v) is 10.7. The minimum absolute atomic E-state index is 0.0987. The van der Waals surface area contributed by atoms with E-state index in [0.717, 1.165) is 8.04 Å². The largest absolute Gasteiger partial charge is 0.508 e. The first-order valence-corrected chi connectivity index (χ1v) is 13.9. The van der Waals surface area contributed by atoms with Gasteiger partial charge in [0.2, 0.25) is 5.91 Å². The summed E-state index contributed by atoms with van der Waals surface area (Å²) >= 11 is 5.46. The number of rotatable bonds is 9. The van der Waals surface area contributed by atoms with Gasteiger partial charge in [-0.25, -0.2) is 4.79 Å². The number of aromatic hydroxyl groups is 1. The van der Waals surface area contributed by atoms with Crippen LogP contribution in [0.2, 0.25) is 0 Å². The van der Waals surface area contributed by atoms with E-state index in [2.05, 4.69) is 49.2 Å². The minimum atomic E-state index is -1.14. The topological polar surface area (TPSA) is 123 Å². The zero-order chi connectivity index (χ0) is 28.5. The number of nitrogens with two attached hydrogens (primary N) is 1. The van der Waals surface area contributed by atoms with Gasteiger partial charge in [0, 0.05) is 25.4 Å². The fourth-order valence-electron chi connectivity index (χ4n) is 3.68. The molecule has 0 aromatic heterocycles. The van der Waals surface area contributed by atoms with Crippen LogP contribution >= 0.6 is 38.5 Å². The number of carbonyl (C=O) groups is 2. The predicted molar refractivity (Wildman–Crippen MR) is 167 cm³/mol. The van der Waals surface area contributed by atoms with Crippen LogP contribution in [0.25, 0.3) is 0 Å². The second-order valence-electron chi connectivity index (χ2n) is 8.49. The molecule has 0 aliphatic carbocycles. The van der Waals surface area contributed by atoms with Crippen molar-refractivity contribution in [1.82, 2.24) is 0 Å². The summed E-state index contributed by atoms with van der Waals surface area (Å²) in [5, 5.41) is 16.2. The van der Waals surface area contributed by atoms with E-state index in [4.69, 9.17) is 15.2 Å². The van der Waals surface area contributed by atoms with Crippen molar-refractivity contribution < 1.29 is 24.2 Å². The SMILES string of the molecule is Nc1ccccc1NC(=O)/C=C/[C@@H](Oc1ccccc1)[C@H](OC(=O)Nc1ccc(Br)cc1)c1cc(I)ccc1O. The normalized spacial score (nSPS) is 12.3. The summed E-state index contributed by atoms with van der Waals surface area (Å²) in [6.07, 6.45) is -0.189. The first-order chi connectivity index (χ1) is 19.3. The Kier molecular flexibility index (Phi) is 10.0. The van der Waals surface area contributed by atoms with E-state index >= 15 is 0 Å². The molecule has 8 nitrogen and oxygen atoms in total. The van der Waals surface area contributed by atoms with Crippen LogP contribution in [0, 0.1) is 3.57 Å². The van der Waals surface area contributed by atoms with Crippen LogP contribution < -0.4 is 21.1 Å². The van der Waals surface area contributed by atoms with E-state index < -0.39 is 24.2 Å². The second kappa shape index (κ2) is 13.9. The highest BCUT2D eigenvalue weighted by Crippen LogP contribution is 2.34. The van der Waals surface area contributed by atoms with E-state index in [1.54, 1.807) is 84.9 Å². The highest BCUT2D eigenvalue weighted by atomic mass is 127. The van der Waals surface area contributed by atoms with Gasteiger partial charge in [-0.3, -0.25) is 10.1 Å². The molecule has 0 bridgehead atoms. The number of nitrogen functional groups attached to an aromatic ring is 1. The van der Waals surface area contributed by atoms with Crippen molar-refractivity contribution in [2.75, 3.05) is 16.4 Å². The predicted octanol–water partition coefficient (Wildman–Crippen LogP) is 7.27. The third-order valence-corrected chi connectivity index (χ3v) is 6.79. The van der Waals surface area contributed by atoms with Gasteiger partial charge in [0.1, 0.15) is 11.5 Å². The molecule has 2 amide bonds. The Labute approximate surface area is 253 Å². The van der Waals surface area contributed by atoms with Crippen LogP contribution in [0.1, 0.15) is 11.7 Å². The van der Waals surface area contributed by atoms with E-state index in [0.29, 0.717) is 28.4 Å². The number of benzene rings is 4. The monoisotopic (exact) mass is 713 g/mol. The minimum Gasteiger partial charge on any atom is -0.508 e. The summed E-state index contributed by atoms with van der Waals surface area (Å²) in [4.78, 5) is 25.9. The lowest BCUT2D eigenvalue weighted by atomic mass is 10.0. The molecular weight excluding hydrogens is 689 g/mol. The maximum Gasteiger partial charge on any atom is 0.412 e. The molecule has 0 saturated carbocycles. The molecule has 10 heteroatoms. The average Bonchev–Trinajstić information content (AvgIpc) is 2.94. The maximum atomic E-state index is 13.0. The lowest BCUT2D eigenvalue weighted by Gasteiger charge is -2.27. The number of para-hydroxylation sites is 3. The van der Waals surface area contributed by atoms with Crippen molar-refractivity contribution in [3.63, 3.8) is 0 Å². The fourth-order valence-corrected chi connectivity index (χ4v) is 4.46. The van der Waals surface area contributed by atoms with Crippen LogP contribution in [-0.4, -0.2) is 23.2 Å². The third kappa shape index (κ3) is 8.23. The number of hydrogen-bond acceptors (Lipinski definition) is 6. The number of nitrogens with one attached hydrogen (secondary N) is 2. The van der Waals surface area contributed by atoms with Crippen molar-refractivity contribution >= 4 is 67.6 Å². The van der Waals surface area contributed by atoms with Crippen LogP contribution in [0.4, 0.5) is 21.9 Å². The van der Waals surface area contributed by atoms with Crippen molar-refractivity contribution in [1.29, 1.82) is 0 Å². The first-order valence-electron chi connectivity index (χ1n) is 12.1. The van der Waals surface area contributed by atoms with Gasteiger partial charge < -0.3 is 25.6 Å². The Morgan fingerprint density at radius 3 is 2.35 bits per heavy atom. The fraction of sp³-hybridized carbons (Fsp3) is 0.0667. The summed E-state index contributed by atoms with van der Waals surface area (Å²) in [7, 11) is 0. The molecule has 4 aromatic carbocycles. The molecule has 5 N–H and O–H groups in total. The molecule has 0 aliphatic heterocycles. The highest BCUT2D eigenvalue weighted by molar-refractivity contribution is 14.1. The number of anilines is 3. The number of halogens is 2. The van der Waals surface area contributed by atoms with Gasteiger partial charge in [0.05, 0.1) is 11.4 Å². The van der Waals surface area contributed by atoms with Gasteiger partial charge in [-0.05, 0) is 95.4 Å². The molecule has 2 atom stereocenters. The quantitative estimate of drug-likeness (QED) is 0.0822. The van der Waals surface area contributed by atoms with Crippen molar-refractivity contribution in [2.45, 2.75) is 12.2 Å². The van der Waals surface area contributed by atoms with Gasteiger partial charge >= 0.3 is 6.09 Å². The summed E-state index contributed by atoms with van der Waals surface area (Å²) in [6, 6.07) is 27.7. The lowest BCUT2D eigenvalue weighted by Crippen LogP contribution is -2.30. The Balaban J connectivity index is 1.67. The number of amides is 2. The molecular formula is C30H25BrIN3O5. The van der Waals surface area contributed by atoms with Crippen molar-refractivity contribution in [3.8, 4) is 11.5 Å². The molecule has 0 fully saturated rings.